The zero-order valence-electron chi connectivity index (χ0n) is 18.8. The molecule has 0 bridgehead atoms. The summed E-state index contributed by atoms with van der Waals surface area (Å²) in [6.45, 7) is 8.09. The number of likely N-dealkylation sites (tertiary alicyclic amines) is 1. The minimum atomic E-state index is -0.177. The van der Waals surface area contributed by atoms with E-state index in [2.05, 4.69) is 5.32 Å². The topological polar surface area (TPSA) is 80.3 Å². The van der Waals surface area contributed by atoms with Crippen LogP contribution in [0.15, 0.2) is 18.2 Å². The van der Waals surface area contributed by atoms with Gasteiger partial charge in [-0.3, -0.25) is 4.79 Å². The molecule has 1 N–H and O–H groups in total. The second-order valence-corrected chi connectivity index (χ2v) is 7.70. The Morgan fingerprint density at radius 1 is 1.20 bits per heavy atom. The highest BCUT2D eigenvalue weighted by Gasteiger charge is 2.29. The molecule has 0 radical (unpaired) electrons. The van der Waals surface area contributed by atoms with E-state index < -0.39 is 0 Å². The number of carbonyl (C=O) groups is 2. The lowest BCUT2D eigenvalue weighted by Crippen LogP contribution is -2.50. The van der Waals surface area contributed by atoms with Crippen LogP contribution < -0.4 is 14.8 Å². The summed E-state index contributed by atoms with van der Waals surface area (Å²) in [6, 6.07) is 5.19. The first-order valence-electron chi connectivity index (χ1n) is 10.5. The van der Waals surface area contributed by atoms with Crippen molar-refractivity contribution in [1.82, 2.24) is 9.80 Å². The van der Waals surface area contributed by atoms with Crippen molar-refractivity contribution in [1.29, 1.82) is 0 Å². The number of hydrogen-bond acceptors (Lipinski definition) is 5. The number of amides is 3. The summed E-state index contributed by atoms with van der Waals surface area (Å²) in [6.07, 6.45) is 2.43. The van der Waals surface area contributed by atoms with Gasteiger partial charge in [0, 0.05) is 45.3 Å². The summed E-state index contributed by atoms with van der Waals surface area (Å²) >= 11 is 0. The standard InChI is InChI=1S/C22H35N3O5/c1-16(2)30-14-6-11-25(18-9-12-24(13-10-18)17(3)26)22(27)23-20-8-7-19(28-4)15-21(20)29-5/h7-8,15-16,18H,6,9-14H2,1-5H3,(H,23,27). The lowest BCUT2D eigenvalue weighted by Gasteiger charge is -2.38. The first kappa shape index (κ1) is 23.8. The van der Waals surface area contributed by atoms with Gasteiger partial charge in [-0.25, -0.2) is 4.79 Å². The van der Waals surface area contributed by atoms with Crippen LogP contribution in [0, 0.1) is 0 Å². The number of rotatable bonds is 9. The molecule has 1 aromatic rings. The first-order chi connectivity index (χ1) is 14.3. The van der Waals surface area contributed by atoms with Crippen molar-refractivity contribution in [3.8, 4) is 11.5 Å². The fraction of sp³-hybridized carbons (Fsp3) is 0.636. The molecule has 8 nitrogen and oxygen atoms in total. The number of carbonyl (C=O) groups excluding carboxylic acids is 2. The summed E-state index contributed by atoms with van der Waals surface area (Å²) in [7, 11) is 3.14. The van der Waals surface area contributed by atoms with E-state index in [-0.39, 0.29) is 24.1 Å². The highest BCUT2D eigenvalue weighted by atomic mass is 16.5. The number of anilines is 1. The molecule has 0 aromatic heterocycles. The minimum absolute atomic E-state index is 0.0730. The van der Waals surface area contributed by atoms with Gasteiger partial charge in [0.05, 0.1) is 26.0 Å². The van der Waals surface area contributed by atoms with Crippen LogP contribution in [0.3, 0.4) is 0 Å². The maximum Gasteiger partial charge on any atom is 0.322 e. The fourth-order valence-electron chi connectivity index (χ4n) is 3.59. The van der Waals surface area contributed by atoms with E-state index >= 15 is 0 Å². The Bertz CT molecular complexity index is 702. The van der Waals surface area contributed by atoms with Gasteiger partial charge >= 0.3 is 6.03 Å². The Labute approximate surface area is 179 Å². The van der Waals surface area contributed by atoms with Crippen molar-refractivity contribution in [2.75, 3.05) is 45.8 Å². The van der Waals surface area contributed by atoms with Crippen LogP contribution in [0.5, 0.6) is 11.5 Å². The Morgan fingerprint density at radius 2 is 1.90 bits per heavy atom. The number of nitrogens with zero attached hydrogens (tertiary/aromatic N) is 2. The van der Waals surface area contributed by atoms with Crippen LogP contribution in [0.25, 0.3) is 0 Å². The van der Waals surface area contributed by atoms with E-state index in [1.165, 1.54) is 0 Å². The van der Waals surface area contributed by atoms with Crippen molar-refractivity contribution in [2.24, 2.45) is 0 Å². The highest BCUT2D eigenvalue weighted by Crippen LogP contribution is 2.29. The summed E-state index contributed by atoms with van der Waals surface area (Å²) in [5.41, 5.74) is 0.591. The number of urea groups is 1. The maximum atomic E-state index is 13.2. The van der Waals surface area contributed by atoms with Gasteiger partial charge in [0.25, 0.3) is 0 Å². The number of hydrogen-bond donors (Lipinski definition) is 1. The van der Waals surface area contributed by atoms with E-state index in [0.29, 0.717) is 43.4 Å². The van der Waals surface area contributed by atoms with Gasteiger partial charge in [-0.2, -0.15) is 0 Å². The van der Waals surface area contributed by atoms with Crippen LogP contribution in [0.4, 0.5) is 10.5 Å². The van der Waals surface area contributed by atoms with Crippen molar-refractivity contribution in [2.45, 2.75) is 52.2 Å². The van der Waals surface area contributed by atoms with Gasteiger partial charge in [0.15, 0.2) is 0 Å². The quantitative estimate of drug-likeness (QED) is 0.619. The van der Waals surface area contributed by atoms with Crippen LogP contribution in [0.2, 0.25) is 0 Å². The molecule has 1 aliphatic heterocycles. The molecule has 168 valence electrons. The van der Waals surface area contributed by atoms with Gasteiger partial charge in [0.1, 0.15) is 11.5 Å². The van der Waals surface area contributed by atoms with Crippen LogP contribution >= 0.6 is 0 Å². The molecule has 0 atom stereocenters. The molecule has 0 saturated carbocycles. The third-order valence-electron chi connectivity index (χ3n) is 5.26. The number of ether oxygens (including phenoxy) is 3. The van der Waals surface area contributed by atoms with E-state index in [1.54, 1.807) is 39.3 Å². The Morgan fingerprint density at radius 3 is 2.47 bits per heavy atom. The molecule has 1 saturated heterocycles. The van der Waals surface area contributed by atoms with Crippen LogP contribution in [0.1, 0.15) is 40.0 Å². The summed E-state index contributed by atoms with van der Waals surface area (Å²) in [4.78, 5) is 28.5. The zero-order valence-corrected chi connectivity index (χ0v) is 18.8. The minimum Gasteiger partial charge on any atom is -0.497 e. The summed E-state index contributed by atoms with van der Waals surface area (Å²) < 4.78 is 16.3. The third kappa shape index (κ3) is 6.79. The van der Waals surface area contributed by atoms with Gasteiger partial charge in [-0.15, -0.1) is 0 Å². The molecule has 1 fully saturated rings. The van der Waals surface area contributed by atoms with Gasteiger partial charge < -0.3 is 29.3 Å². The molecule has 30 heavy (non-hydrogen) atoms. The van der Waals surface area contributed by atoms with Crippen molar-refractivity contribution in [3.63, 3.8) is 0 Å². The average molecular weight is 422 g/mol. The molecule has 0 aliphatic carbocycles. The molecular formula is C22H35N3O5. The third-order valence-corrected chi connectivity index (χ3v) is 5.26. The van der Waals surface area contributed by atoms with E-state index in [9.17, 15) is 9.59 Å². The Hall–Kier alpha value is -2.48. The number of benzene rings is 1. The molecule has 1 aliphatic rings. The van der Waals surface area contributed by atoms with Crippen LogP contribution in [-0.2, 0) is 9.53 Å². The molecule has 2 rings (SSSR count). The molecule has 0 unspecified atom stereocenters. The van der Waals surface area contributed by atoms with Crippen molar-refractivity contribution < 1.29 is 23.8 Å². The van der Waals surface area contributed by atoms with Gasteiger partial charge in [-0.05, 0) is 45.2 Å². The SMILES string of the molecule is COc1ccc(NC(=O)N(CCCOC(C)C)C2CCN(C(C)=O)CC2)c(OC)c1. The van der Waals surface area contributed by atoms with E-state index in [0.717, 1.165) is 19.3 Å². The normalized spacial score (nSPS) is 14.5. The molecule has 0 spiro atoms. The van der Waals surface area contributed by atoms with Gasteiger partial charge in [0.2, 0.25) is 5.91 Å². The number of nitrogens with one attached hydrogen (secondary N) is 1. The lowest BCUT2D eigenvalue weighted by molar-refractivity contribution is -0.130. The molecule has 1 aromatic carbocycles. The fourth-order valence-corrected chi connectivity index (χ4v) is 3.59. The zero-order chi connectivity index (χ0) is 22.1. The smallest absolute Gasteiger partial charge is 0.322 e. The average Bonchev–Trinajstić information content (AvgIpc) is 2.73. The van der Waals surface area contributed by atoms with Gasteiger partial charge in [-0.1, -0.05) is 0 Å². The molecular weight excluding hydrogens is 386 g/mol. The highest BCUT2D eigenvalue weighted by molar-refractivity contribution is 5.91. The van der Waals surface area contributed by atoms with E-state index in [4.69, 9.17) is 14.2 Å². The summed E-state index contributed by atoms with van der Waals surface area (Å²) in [5.74, 6) is 1.28. The first-order valence-corrected chi connectivity index (χ1v) is 10.5. The Balaban J connectivity index is 2.08. The molecule has 3 amide bonds. The number of piperidine rings is 1. The maximum absolute atomic E-state index is 13.2. The molecule has 1 heterocycles. The van der Waals surface area contributed by atoms with Crippen molar-refractivity contribution >= 4 is 17.6 Å². The summed E-state index contributed by atoms with van der Waals surface area (Å²) in [5, 5.41) is 2.98. The van der Waals surface area contributed by atoms with Crippen molar-refractivity contribution in [3.05, 3.63) is 18.2 Å². The lowest BCUT2D eigenvalue weighted by atomic mass is 10.0. The largest absolute Gasteiger partial charge is 0.497 e. The van der Waals surface area contributed by atoms with Crippen LogP contribution in [-0.4, -0.2) is 74.3 Å². The monoisotopic (exact) mass is 421 g/mol. The molecule has 8 heteroatoms. The number of methoxy groups -OCH3 is 2. The second kappa shape index (κ2) is 11.6. The Kier molecular flexibility index (Phi) is 9.23. The predicted octanol–water partition coefficient (Wildman–Crippen LogP) is 3.36. The predicted molar refractivity (Wildman–Crippen MR) is 116 cm³/mol. The second-order valence-electron chi connectivity index (χ2n) is 7.70. The van der Waals surface area contributed by atoms with E-state index in [1.807, 2.05) is 23.6 Å².